The van der Waals surface area contributed by atoms with Crippen LogP contribution in [0.3, 0.4) is 0 Å². The first-order valence-corrected chi connectivity index (χ1v) is 7.53. The van der Waals surface area contributed by atoms with Crippen molar-refractivity contribution in [2.75, 3.05) is 18.6 Å². The van der Waals surface area contributed by atoms with Gasteiger partial charge in [0.05, 0.1) is 7.11 Å². The highest BCUT2D eigenvalue weighted by atomic mass is 16.5. The van der Waals surface area contributed by atoms with Crippen LogP contribution in [0, 0.1) is 0 Å². The molecule has 1 fully saturated rings. The molecule has 122 valence electrons. The molecule has 1 aliphatic heterocycles. The predicted octanol–water partition coefficient (Wildman–Crippen LogP) is 1.55. The SMILES string of the molecule is COC(=O)/C=C/C(=O)NCc1ccc(N2CCCCC2=O)cc1. The number of esters is 1. The summed E-state index contributed by atoms with van der Waals surface area (Å²) in [7, 11) is 1.25. The largest absolute Gasteiger partial charge is 0.466 e. The highest BCUT2D eigenvalue weighted by Gasteiger charge is 2.19. The maximum atomic E-state index is 11.9. The van der Waals surface area contributed by atoms with Gasteiger partial charge in [0.15, 0.2) is 0 Å². The van der Waals surface area contributed by atoms with Gasteiger partial charge in [-0.05, 0) is 30.5 Å². The van der Waals surface area contributed by atoms with Crippen LogP contribution < -0.4 is 10.2 Å². The number of methoxy groups -OCH3 is 1. The summed E-state index contributed by atoms with van der Waals surface area (Å²) in [5.74, 6) is -0.786. The lowest BCUT2D eigenvalue weighted by atomic mass is 10.1. The van der Waals surface area contributed by atoms with Crippen molar-refractivity contribution in [2.45, 2.75) is 25.8 Å². The molecule has 6 heteroatoms. The predicted molar refractivity (Wildman–Crippen MR) is 85.6 cm³/mol. The molecular formula is C17H20N2O4. The Bertz CT molecular complexity index is 608. The van der Waals surface area contributed by atoms with Gasteiger partial charge in [-0.3, -0.25) is 9.59 Å². The quantitative estimate of drug-likeness (QED) is 0.660. The molecule has 0 saturated carbocycles. The molecule has 1 aromatic carbocycles. The molecule has 2 rings (SSSR count). The monoisotopic (exact) mass is 316 g/mol. The summed E-state index contributed by atoms with van der Waals surface area (Å²) in [6.07, 6.45) is 4.78. The van der Waals surface area contributed by atoms with Gasteiger partial charge < -0.3 is 15.0 Å². The van der Waals surface area contributed by atoms with Gasteiger partial charge in [0, 0.05) is 37.3 Å². The van der Waals surface area contributed by atoms with Crippen LogP contribution in [0.25, 0.3) is 0 Å². The third-order valence-corrected chi connectivity index (χ3v) is 3.61. The summed E-state index contributed by atoms with van der Waals surface area (Å²) in [6, 6.07) is 7.52. The molecule has 6 nitrogen and oxygen atoms in total. The van der Waals surface area contributed by atoms with E-state index in [9.17, 15) is 14.4 Å². The summed E-state index contributed by atoms with van der Waals surface area (Å²) in [4.78, 5) is 36.1. The van der Waals surface area contributed by atoms with Gasteiger partial charge in [0.2, 0.25) is 11.8 Å². The highest BCUT2D eigenvalue weighted by molar-refractivity contribution is 5.95. The molecule has 23 heavy (non-hydrogen) atoms. The number of nitrogens with zero attached hydrogens (tertiary/aromatic N) is 1. The van der Waals surface area contributed by atoms with E-state index >= 15 is 0 Å². The molecule has 1 heterocycles. The molecule has 0 aliphatic carbocycles. The van der Waals surface area contributed by atoms with Crippen molar-refractivity contribution in [1.29, 1.82) is 0 Å². The van der Waals surface area contributed by atoms with Crippen LogP contribution in [0.4, 0.5) is 5.69 Å². The number of nitrogens with one attached hydrogen (secondary N) is 1. The maximum absolute atomic E-state index is 11.9. The van der Waals surface area contributed by atoms with Crippen molar-refractivity contribution in [3.63, 3.8) is 0 Å². The first kappa shape index (κ1) is 16.7. The van der Waals surface area contributed by atoms with Gasteiger partial charge in [-0.15, -0.1) is 0 Å². The Labute approximate surface area is 135 Å². The Hall–Kier alpha value is -2.63. The van der Waals surface area contributed by atoms with Crippen molar-refractivity contribution < 1.29 is 19.1 Å². The second kappa shape index (κ2) is 8.12. The first-order chi connectivity index (χ1) is 11.1. The van der Waals surface area contributed by atoms with Crippen molar-refractivity contribution in [2.24, 2.45) is 0 Å². The number of amides is 2. The fourth-order valence-electron chi connectivity index (χ4n) is 2.33. The van der Waals surface area contributed by atoms with Crippen LogP contribution in [0.2, 0.25) is 0 Å². The van der Waals surface area contributed by atoms with Crippen molar-refractivity contribution >= 4 is 23.5 Å². The Balaban J connectivity index is 1.87. The fourth-order valence-corrected chi connectivity index (χ4v) is 2.33. The zero-order valence-corrected chi connectivity index (χ0v) is 13.1. The molecule has 2 amide bonds. The second-order valence-corrected chi connectivity index (χ2v) is 5.24. The molecule has 0 unspecified atom stereocenters. The molecule has 0 atom stereocenters. The van der Waals surface area contributed by atoms with Gasteiger partial charge in [-0.25, -0.2) is 4.79 Å². The van der Waals surface area contributed by atoms with Gasteiger partial charge in [-0.1, -0.05) is 12.1 Å². The molecule has 0 bridgehead atoms. The number of ether oxygens (including phenoxy) is 1. The van der Waals surface area contributed by atoms with E-state index in [1.165, 1.54) is 7.11 Å². The average molecular weight is 316 g/mol. The molecule has 0 radical (unpaired) electrons. The highest BCUT2D eigenvalue weighted by Crippen LogP contribution is 2.21. The van der Waals surface area contributed by atoms with E-state index in [1.54, 1.807) is 4.90 Å². The standard InChI is InChI=1S/C17H20N2O4/c1-23-17(22)10-9-15(20)18-12-13-5-7-14(8-6-13)19-11-3-2-4-16(19)21/h5-10H,2-4,11-12H2,1H3,(H,18,20)/b10-9+. The Kier molecular flexibility index (Phi) is 5.91. The zero-order valence-electron chi connectivity index (χ0n) is 13.1. The molecular weight excluding hydrogens is 296 g/mol. The van der Waals surface area contributed by atoms with E-state index in [4.69, 9.17) is 0 Å². The number of hydrogen-bond acceptors (Lipinski definition) is 4. The molecule has 1 saturated heterocycles. The van der Waals surface area contributed by atoms with E-state index in [2.05, 4.69) is 10.1 Å². The van der Waals surface area contributed by atoms with Gasteiger partial charge in [0.25, 0.3) is 0 Å². The van der Waals surface area contributed by atoms with Crippen LogP contribution in [0.15, 0.2) is 36.4 Å². The van der Waals surface area contributed by atoms with Crippen molar-refractivity contribution in [1.82, 2.24) is 5.32 Å². The van der Waals surface area contributed by atoms with Crippen molar-refractivity contribution in [3.05, 3.63) is 42.0 Å². The second-order valence-electron chi connectivity index (χ2n) is 5.24. The van der Waals surface area contributed by atoms with E-state index in [-0.39, 0.29) is 11.8 Å². The zero-order chi connectivity index (χ0) is 16.7. The molecule has 0 aromatic heterocycles. The number of carbonyl (C=O) groups is 3. The number of carbonyl (C=O) groups excluding carboxylic acids is 3. The van der Waals surface area contributed by atoms with E-state index < -0.39 is 5.97 Å². The van der Waals surface area contributed by atoms with Crippen LogP contribution in [0.5, 0.6) is 0 Å². The molecule has 0 spiro atoms. The average Bonchev–Trinajstić information content (AvgIpc) is 2.58. The summed E-state index contributed by atoms with van der Waals surface area (Å²) in [5, 5.41) is 2.67. The lowest BCUT2D eigenvalue weighted by molar-refractivity contribution is -0.135. The minimum atomic E-state index is -0.573. The smallest absolute Gasteiger partial charge is 0.330 e. The van der Waals surface area contributed by atoms with Crippen LogP contribution >= 0.6 is 0 Å². The number of benzene rings is 1. The Morgan fingerprint density at radius 1 is 1.22 bits per heavy atom. The topological polar surface area (TPSA) is 75.7 Å². The molecule has 1 N–H and O–H groups in total. The third-order valence-electron chi connectivity index (χ3n) is 3.61. The molecule has 1 aliphatic rings. The molecule has 1 aromatic rings. The van der Waals surface area contributed by atoms with Crippen LogP contribution in [0.1, 0.15) is 24.8 Å². The van der Waals surface area contributed by atoms with Crippen molar-refractivity contribution in [3.8, 4) is 0 Å². The maximum Gasteiger partial charge on any atom is 0.330 e. The number of rotatable bonds is 5. The Morgan fingerprint density at radius 2 is 1.96 bits per heavy atom. The van der Waals surface area contributed by atoms with Gasteiger partial charge >= 0.3 is 5.97 Å². The first-order valence-electron chi connectivity index (χ1n) is 7.53. The van der Waals surface area contributed by atoms with Gasteiger partial charge in [-0.2, -0.15) is 0 Å². The minimum Gasteiger partial charge on any atom is -0.466 e. The minimum absolute atomic E-state index is 0.158. The summed E-state index contributed by atoms with van der Waals surface area (Å²) in [5.41, 5.74) is 1.80. The lowest BCUT2D eigenvalue weighted by Crippen LogP contribution is -2.35. The number of anilines is 1. The van der Waals surface area contributed by atoms with E-state index in [1.807, 2.05) is 24.3 Å². The summed E-state index contributed by atoms with van der Waals surface area (Å²) >= 11 is 0. The van der Waals surface area contributed by atoms with E-state index in [0.29, 0.717) is 13.0 Å². The fraction of sp³-hybridized carbons (Fsp3) is 0.353. The van der Waals surface area contributed by atoms with Crippen LogP contribution in [-0.4, -0.2) is 31.4 Å². The lowest BCUT2D eigenvalue weighted by Gasteiger charge is -2.26. The summed E-state index contributed by atoms with van der Waals surface area (Å²) in [6.45, 7) is 1.10. The third kappa shape index (κ3) is 4.95. The van der Waals surface area contributed by atoms with Gasteiger partial charge in [0.1, 0.15) is 0 Å². The summed E-state index contributed by atoms with van der Waals surface area (Å²) < 4.78 is 4.40. The van der Waals surface area contributed by atoms with Crippen LogP contribution in [-0.2, 0) is 25.7 Å². The number of hydrogen-bond donors (Lipinski definition) is 1. The Morgan fingerprint density at radius 3 is 2.61 bits per heavy atom. The number of piperidine rings is 1. The van der Waals surface area contributed by atoms with E-state index in [0.717, 1.165) is 42.8 Å². The normalized spacial score (nSPS) is 14.8.